The van der Waals surface area contributed by atoms with Crippen molar-refractivity contribution in [2.24, 2.45) is 0 Å². The fourth-order valence-corrected chi connectivity index (χ4v) is 4.25. The van der Waals surface area contributed by atoms with Crippen LogP contribution in [0.1, 0.15) is 42.6 Å². The third-order valence-electron chi connectivity index (χ3n) is 4.58. The number of carbonyl (C=O) groups excluding carboxylic acids is 1. The molecule has 1 fully saturated rings. The van der Waals surface area contributed by atoms with Gasteiger partial charge < -0.3 is 15.6 Å². The van der Waals surface area contributed by atoms with Gasteiger partial charge in [0, 0.05) is 27.9 Å². The third-order valence-corrected chi connectivity index (χ3v) is 5.97. The predicted molar refractivity (Wildman–Crippen MR) is 118 cm³/mol. The first-order chi connectivity index (χ1) is 15.2. The number of aliphatic hydroxyl groups is 1. The van der Waals surface area contributed by atoms with Gasteiger partial charge in [-0.3, -0.25) is 13.8 Å². The number of rotatable bonds is 7. The SMILES string of the molecule is CC(C)(O)CONC(=O)c1c(N)nc(-c2cccc(C#N)c2)nc1OC1CCS(=O)CC1. The molecule has 1 aliphatic heterocycles. The molecule has 32 heavy (non-hydrogen) atoms. The monoisotopic (exact) mass is 459 g/mol. The van der Waals surface area contributed by atoms with Gasteiger partial charge in [-0.1, -0.05) is 12.1 Å². The molecule has 0 bridgehead atoms. The molecule has 3 rings (SSSR count). The molecule has 10 nitrogen and oxygen atoms in total. The van der Waals surface area contributed by atoms with Gasteiger partial charge in [-0.2, -0.15) is 10.2 Å². The average Bonchev–Trinajstić information content (AvgIpc) is 2.74. The Morgan fingerprint density at radius 1 is 1.38 bits per heavy atom. The van der Waals surface area contributed by atoms with E-state index in [4.69, 9.17) is 20.6 Å². The van der Waals surface area contributed by atoms with Gasteiger partial charge in [0.1, 0.15) is 24.1 Å². The largest absolute Gasteiger partial charge is 0.474 e. The van der Waals surface area contributed by atoms with Crippen LogP contribution in [0.4, 0.5) is 5.82 Å². The first kappa shape index (κ1) is 23.6. The number of amides is 1. The fraction of sp³-hybridized carbons (Fsp3) is 0.429. The molecule has 2 aromatic rings. The maximum absolute atomic E-state index is 12.8. The smallest absolute Gasteiger partial charge is 0.284 e. The van der Waals surface area contributed by atoms with Gasteiger partial charge in [0.15, 0.2) is 5.82 Å². The summed E-state index contributed by atoms with van der Waals surface area (Å²) >= 11 is 0. The number of carbonyl (C=O) groups is 1. The number of hydroxylamine groups is 1. The first-order valence-electron chi connectivity index (χ1n) is 10.0. The minimum Gasteiger partial charge on any atom is -0.474 e. The number of nitrogens with one attached hydrogen (secondary N) is 1. The molecular weight excluding hydrogens is 434 g/mol. The van der Waals surface area contributed by atoms with Gasteiger partial charge in [0.2, 0.25) is 5.88 Å². The number of nitriles is 1. The maximum atomic E-state index is 12.8. The molecular formula is C21H25N5O5S. The van der Waals surface area contributed by atoms with Gasteiger partial charge in [0.25, 0.3) is 5.91 Å². The molecule has 1 aliphatic rings. The molecule has 0 spiro atoms. The quantitative estimate of drug-likeness (QED) is 0.519. The number of anilines is 1. The number of hydrogen-bond donors (Lipinski definition) is 3. The van der Waals surface area contributed by atoms with Crippen LogP contribution < -0.4 is 16.0 Å². The third kappa shape index (κ3) is 6.23. The van der Waals surface area contributed by atoms with Crippen molar-refractivity contribution >= 4 is 22.5 Å². The zero-order valence-corrected chi connectivity index (χ0v) is 18.6. The van der Waals surface area contributed by atoms with E-state index in [0.29, 0.717) is 35.5 Å². The van der Waals surface area contributed by atoms with E-state index in [-0.39, 0.29) is 35.8 Å². The zero-order chi connectivity index (χ0) is 23.3. The van der Waals surface area contributed by atoms with Gasteiger partial charge in [-0.25, -0.2) is 10.5 Å². The number of aromatic nitrogens is 2. The summed E-state index contributed by atoms with van der Waals surface area (Å²) in [6, 6.07) is 8.71. The highest BCUT2D eigenvalue weighted by Crippen LogP contribution is 2.28. The Kier molecular flexibility index (Phi) is 7.40. The molecule has 0 saturated carbocycles. The van der Waals surface area contributed by atoms with Crippen molar-refractivity contribution in [3.63, 3.8) is 0 Å². The lowest BCUT2D eigenvalue weighted by Crippen LogP contribution is -2.34. The van der Waals surface area contributed by atoms with Gasteiger partial charge >= 0.3 is 0 Å². The van der Waals surface area contributed by atoms with Crippen molar-refractivity contribution in [3.8, 4) is 23.3 Å². The molecule has 1 saturated heterocycles. The Labute approximate surface area is 188 Å². The van der Waals surface area contributed by atoms with Crippen molar-refractivity contribution in [2.45, 2.75) is 38.4 Å². The lowest BCUT2D eigenvalue weighted by Gasteiger charge is -2.24. The fourth-order valence-electron chi connectivity index (χ4n) is 2.99. The summed E-state index contributed by atoms with van der Waals surface area (Å²) in [7, 11) is -0.879. The molecule has 1 aromatic heterocycles. The van der Waals surface area contributed by atoms with Gasteiger partial charge in [0.05, 0.1) is 17.2 Å². The van der Waals surface area contributed by atoms with Crippen molar-refractivity contribution in [1.82, 2.24) is 15.4 Å². The molecule has 0 radical (unpaired) electrons. The topological polar surface area (TPSA) is 160 Å². The van der Waals surface area contributed by atoms with E-state index < -0.39 is 22.3 Å². The Morgan fingerprint density at radius 3 is 2.75 bits per heavy atom. The Morgan fingerprint density at radius 2 is 2.09 bits per heavy atom. The number of hydrogen-bond acceptors (Lipinski definition) is 9. The highest BCUT2D eigenvalue weighted by atomic mass is 32.2. The van der Waals surface area contributed by atoms with Crippen LogP contribution in [0, 0.1) is 11.3 Å². The second kappa shape index (κ2) is 10.0. The van der Waals surface area contributed by atoms with Crippen LogP contribution in [0.3, 0.4) is 0 Å². The Balaban J connectivity index is 1.94. The molecule has 0 unspecified atom stereocenters. The molecule has 4 N–H and O–H groups in total. The summed E-state index contributed by atoms with van der Waals surface area (Å²) in [6.07, 6.45) is 0.807. The second-order valence-corrected chi connectivity index (χ2v) is 9.70. The highest BCUT2D eigenvalue weighted by molar-refractivity contribution is 7.85. The van der Waals surface area contributed by atoms with Gasteiger partial charge in [-0.05, 0) is 38.8 Å². The number of nitrogens with two attached hydrogens (primary N) is 1. The van der Waals surface area contributed by atoms with Crippen molar-refractivity contribution in [1.29, 1.82) is 5.26 Å². The van der Waals surface area contributed by atoms with Crippen LogP contribution in [-0.4, -0.2) is 55.0 Å². The van der Waals surface area contributed by atoms with E-state index >= 15 is 0 Å². The summed E-state index contributed by atoms with van der Waals surface area (Å²) in [4.78, 5) is 26.5. The normalized spacial score (nSPS) is 18.6. The molecule has 11 heteroatoms. The lowest BCUT2D eigenvalue weighted by atomic mass is 10.1. The van der Waals surface area contributed by atoms with E-state index in [2.05, 4.69) is 21.5 Å². The van der Waals surface area contributed by atoms with E-state index in [1.165, 1.54) is 13.8 Å². The summed E-state index contributed by atoms with van der Waals surface area (Å²) in [5.41, 5.74) is 8.04. The minimum atomic E-state index is -1.15. The summed E-state index contributed by atoms with van der Waals surface area (Å²) in [5.74, 6) is 0.311. The molecule has 0 atom stereocenters. The van der Waals surface area contributed by atoms with Crippen LogP contribution in [0.25, 0.3) is 11.4 Å². The van der Waals surface area contributed by atoms with E-state index in [0.717, 1.165) is 0 Å². The first-order valence-corrected chi connectivity index (χ1v) is 11.5. The van der Waals surface area contributed by atoms with Crippen LogP contribution >= 0.6 is 0 Å². The van der Waals surface area contributed by atoms with Crippen LogP contribution in [0.2, 0.25) is 0 Å². The van der Waals surface area contributed by atoms with Crippen LogP contribution in [0.5, 0.6) is 5.88 Å². The number of benzene rings is 1. The average molecular weight is 460 g/mol. The summed E-state index contributed by atoms with van der Waals surface area (Å²) in [5, 5.41) is 18.9. The van der Waals surface area contributed by atoms with Crippen molar-refractivity contribution < 1.29 is 23.7 Å². The van der Waals surface area contributed by atoms with E-state index in [1.807, 2.05) is 0 Å². The van der Waals surface area contributed by atoms with Crippen molar-refractivity contribution in [3.05, 3.63) is 35.4 Å². The van der Waals surface area contributed by atoms with Gasteiger partial charge in [-0.15, -0.1) is 0 Å². The van der Waals surface area contributed by atoms with Crippen molar-refractivity contribution in [2.75, 3.05) is 23.8 Å². The second-order valence-electron chi connectivity index (χ2n) is 8.00. The number of nitrogens with zero attached hydrogens (tertiary/aromatic N) is 3. The molecule has 2 heterocycles. The van der Waals surface area contributed by atoms with E-state index in [1.54, 1.807) is 24.3 Å². The number of nitrogen functional groups attached to an aromatic ring is 1. The summed E-state index contributed by atoms with van der Waals surface area (Å²) in [6.45, 7) is 2.91. The zero-order valence-electron chi connectivity index (χ0n) is 17.8. The molecule has 1 amide bonds. The van der Waals surface area contributed by atoms with E-state index in [9.17, 15) is 14.1 Å². The molecule has 170 valence electrons. The molecule has 0 aliphatic carbocycles. The number of ether oxygens (including phenoxy) is 1. The highest BCUT2D eigenvalue weighted by Gasteiger charge is 2.27. The minimum absolute atomic E-state index is 0.0306. The summed E-state index contributed by atoms with van der Waals surface area (Å²) < 4.78 is 17.7. The Bertz CT molecular complexity index is 1050. The molecule has 1 aromatic carbocycles. The van der Waals surface area contributed by atoms with Crippen LogP contribution in [0.15, 0.2) is 24.3 Å². The van der Waals surface area contributed by atoms with Crippen LogP contribution in [-0.2, 0) is 15.6 Å². The predicted octanol–water partition coefficient (Wildman–Crippen LogP) is 1.32. The standard InChI is InChI=1S/C21H25N5O5S/c1-21(2,28)12-30-26-19(27)16-17(23)24-18(14-5-3-4-13(10-14)11-22)25-20(16)31-15-6-8-32(29)9-7-15/h3-5,10,15,28H,6-9,12H2,1-2H3,(H,26,27)(H2,23,24,25). The Hall–Kier alpha value is -3.07. The lowest BCUT2D eigenvalue weighted by molar-refractivity contribution is -0.0523. The maximum Gasteiger partial charge on any atom is 0.284 e.